The van der Waals surface area contributed by atoms with Gasteiger partial charge >= 0.3 is 0 Å². The Kier molecular flexibility index (Phi) is 5.05. The molecule has 2 rings (SSSR count). The standard InChI is InChI=1S/C16H24ClFN2/c1-19-15(16(20(2)3)8-4-5-9-16)10-12-6-7-13(18)11-14(12)17/h6-7,11,15,19H,4-5,8-10H2,1-3H3. The number of hydrogen-bond acceptors (Lipinski definition) is 2. The van der Waals surface area contributed by atoms with E-state index in [4.69, 9.17) is 11.6 Å². The molecular weight excluding hydrogens is 275 g/mol. The van der Waals surface area contributed by atoms with Crippen LogP contribution in [0.1, 0.15) is 31.2 Å². The van der Waals surface area contributed by atoms with Gasteiger partial charge in [-0.3, -0.25) is 0 Å². The second-order valence-corrected chi connectivity index (χ2v) is 6.39. The van der Waals surface area contributed by atoms with Crippen LogP contribution in [0.25, 0.3) is 0 Å². The van der Waals surface area contributed by atoms with Crippen LogP contribution in [0.5, 0.6) is 0 Å². The third-order valence-electron chi connectivity index (χ3n) is 4.80. The van der Waals surface area contributed by atoms with Crippen LogP contribution in [-0.2, 0) is 6.42 Å². The van der Waals surface area contributed by atoms with E-state index in [0.29, 0.717) is 11.1 Å². The van der Waals surface area contributed by atoms with E-state index in [2.05, 4.69) is 24.3 Å². The Morgan fingerprint density at radius 3 is 2.50 bits per heavy atom. The van der Waals surface area contributed by atoms with Crippen LogP contribution in [0, 0.1) is 5.82 Å². The lowest BCUT2D eigenvalue weighted by molar-refractivity contribution is 0.108. The van der Waals surface area contributed by atoms with Gasteiger partial charge < -0.3 is 10.2 Å². The van der Waals surface area contributed by atoms with Gasteiger partial charge in [-0.2, -0.15) is 0 Å². The first-order valence-electron chi connectivity index (χ1n) is 7.28. The number of halogens is 2. The molecule has 1 fully saturated rings. The van der Waals surface area contributed by atoms with Crippen molar-refractivity contribution >= 4 is 11.6 Å². The third kappa shape index (κ3) is 3.00. The topological polar surface area (TPSA) is 15.3 Å². The third-order valence-corrected chi connectivity index (χ3v) is 5.15. The number of benzene rings is 1. The Hall–Kier alpha value is -0.640. The van der Waals surface area contributed by atoms with Crippen molar-refractivity contribution in [2.45, 2.75) is 43.7 Å². The van der Waals surface area contributed by atoms with Crippen molar-refractivity contribution in [2.24, 2.45) is 0 Å². The zero-order valence-corrected chi connectivity index (χ0v) is 13.3. The smallest absolute Gasteiger partial charge is 0.124 e. The van der Waals surface area contributed by atoms with Crippen LogP contribution in [0.3, 0.4) is 0 Å². The molecule has 1 unspecified atom stereocenters. The lowest BCUT2D eigenvalue weighted by Crippen LogP contribution is -2.57. The molecule has 1 N–H and O–H groups in total. The first-order chi connectivity index (χ1) is 9.49. The number of nitrogens with one attached hydrogen (secondary N) is 1. The highest BCUT2D eigenvalue weighted by Gasteiger charge is 2.42. The van der Waals surface area contributed by atoms with E-state index in [1.807, 2.05) is 7.05 Å². The first-order valence-corrected chi connectivity index (χ1v) is 7.66. The van der Waals surface area contributed by atoms with E-state index in [1.165, 1.54) is 37.8 Å². The Morgan fingerprint density at radius 1 is 1.35 bits per heavy atom. The summed E-state index contributed by atoms with van der Waals surface area (Å²) in [5.74, 6) is -0.275. The van der Waals surface area contributed by atoms with Crippen molar-refractivity contribution in [1.29, 1.82) is 0 Å². The summed E-state index contributed by atoms with van der Waals surface area (Å²) >= 11 is 6.18. The molecular formula is C16H24ClFN2. The molecule has 0 heterocycles. The largest absolute Gasteiger partial charge is 0.315 e. The number of nitrogens with zero attached hydrogens (tertiary/aromatic N) is 1. The van der Waals surface area contributed by atoms with Crippen LogP contribution in [0.4, 0.5) is 4.39 Å². The maximum Gasteiger partial charge on any atom is 0.124 e. The van der Waals surface area contributed by atoms with E-state index in [0.717, 1.165) is 12.0 Å². The lowest BCUT2D eigenvalue weighted by Gasteiger charge is -2.43. The minimum absolute atomic E-state index is 0.173. The van der Waals surface area contributed by atoms with Crippen molar-refractivity contribution in [2.75, 3.05) is 21.1 Å². The first kappa shape index (κ1) is 15.7. The fourth-order valence-electron chi connectivity index (χ4n) is 3.56. The van der Waals surface area contributed by atoms with E-state index >= 15 is 0 Å². The summed E-state index contributed by atoms with van der Waals surface area (Å²) < 4.78 is 13.2. The summed E-state index contributed by atoms with van der Waals surface area (Å²) in [5.41, 5.74) is 1.19. The minimum Gasteiger partial charge on any atom is -0.315 e. The summed E-state index contributed by atoms with van der Waals surface area (Å²) in [6, 6.07) is 5.02. The van der Waals surface area contributed by atoms with Crippen molar-refractivity contribution in [3.05, 3.63) is 34.6 Å². The van der Waals surface area contributed by atoms with Crippen LogP contribution in [0.2, 0.25) is 5.02 Å². The Morgan fingerprint density at radius 2 is 2.00 bits per heavy atom. The second kappa shape index (κ2) is 6.42. The van der Waals surface area contributed by atoms with Crippen molar-refractivity contribution < 1.29 is 4.39 Å². The minimum atomic E-state index is -0.275. The molecule has 20 heavy (non-hydrogen) atoms. The molecule has 0 bridgehead atoms. The monoisotopic (exact) mass is 298 g/mol. The van der Waals surface area contributed by atoms with E-state index in [-0.39, 0.29) is 11.4 Å². The summed E-state index contributed by atoms with van der Waals surface area (Å²) in [6.45, 7) is 0. The Bertz CT molecular complexity index is 456. The van der Waals surface area contributed by atoms with Crippen molar-refractivity contribution in [1.82, 2.24) is 10.2 Å². The summed E-state index contributed by atoms with van der Waals surface area (Å²) in [4.78, 5) is 2.35. The van der Waals surface area contributed by atoms with E-state index in [9.17, 15) is 4.39 Å². The maximum absolute atomic E-state index is 13.2. The molecule has 1 aliphatic carbocycles. The molecule has 0 aliphatic heterocycles. The highest BCUT2D eigenvalue weighted by molar-refractivity contribution is 6.31. The van der Waals surface area contributed by atoms with Gasteiger partial charge in [0.2, 0.25) is 0 Å². The molecule has 1 aromatic rings. The molecule has 112 valence electrons. The zero-order chi connectivity index (χ0) is 14.8. The highest BCUT2D eigenvalue weighted by Crippen LogP contribution is 2.38. The SMILES string of the molecule is CNC(Cc1ccc(F)cc1Cl)C1(N(C)C)CCCC1. The average Bonchev–Trinajstić information content (AvgIpc) is 2.88. The quantitative estimate of drug-likeness (QED) is 0.895. The van der Waals surface area contributed by atoms with Gasteiger partial charge in [0.15, 0.2) is 0 Å². The Labute approximate surface area is 126 Å². The van der Waals surface area contributed by atoms with Gasteiger partial charge in [0.1, 0.15) is 5.82 Å². The molecule has 0 saturated heterocycles. The molecule has 1 saturated carbocycles. The predicted octanol–water partition coefficient (Wildman–Crippen LogP) is 3.48. The van der Waals surface area contributed by atoms with Gasteiger partial charge in [0.05, 0.1) is 0 Å². The van der Waals surface area contributed by atoms with Crippen LogP contribution < -0.4 is 5.32 Å². The maximum atomic E-state index is 13.2. The summed E-state index contributed by atoms with van der Waals surface area (Å²) in [5, 5.41) is 3.99. The fraction of sp³-hybridized carbons (Fsp3) is 0.625. The van der Waals surface area contributed by atoms with Crippen LogP contribution >= 0.6 is 11.6 Å². The summed E-state index contributed by atoms with van der Waals surface area (Å²) in [7, 11) is 6.32. The molecule has 0 radical (unpaired) electrons. The van der Waals surface area contributed by atoms with Gasteiger partial charge in [-0.25, -0.2) is 4.39 Å². The Balaban J connectivity index is 2.23. The molecule has 0 amide bonds. The highest BCUT2D eigenvalue weighted by atomic mass is 35.5. The van der Waals surface area contributed by atoms with Gasteiger partial charge in [-0.1, -0.05) is 30.5 Å². The van der Waals surface area contributed by atoms with Crippen LogP contribution in [0.15, 0.2) is 18.2 Å². The van der Waals surface area contributed by atoms with Crippen molar-refractivity contribution in [3.8, 4) is 0 Å². The molecule has 1 aliphatic rings. The summed E-state index contributed by atoms with van der Waals surface area (Å²) in [6.07, 6.45) is 5.77. The van der Waals surface area contributed by atoms with Gasteiger partial charge in [-0.05, 0) is 58.1 Å². The van der Waals surface area contributed by atoms with Gasteiger partial charge in [0.25, 0.3) is 0 Å². The number of likely N-dealkylation sites (N-methyl/N-ethyl adjacent to an activating group) is 2. The molecule has 1 aromatic carbocycles. The van der Waals surface area contributed by atoms with Crippen LogP contribution in [-0.4, -0.2) is 37.6 Å². The number of rotatable bonds is 5. The fourth-order valence-corrected chi connectivity index (χ4v) is 3.81. The predicted molar refractivity (Wildman–Crippen MR) is 82.8 cm³/mol. The molecule has 2 nitrogen and oxygen atoms in total. The normalized spacial score (nSPS) is 19.5. The molecule has 4 heteroatoms. The zero-order valence-electron chi connectivity index (χ0n) is 12.5. The van der Waals surface area contributed by atoms with Gasteiger partial charge in [0, 0.05) is 16.6 Å². The van der Waals surface area contributed by atoms with E-state index < -0.39 is 0 Å². The average molecular weight is 299 g/mol. The molecule has 1 atom stereocenters. The van der Waals surface area contributed by atoms with E-state index in [1.54, 1.807) is 6.07 Å². The number of hydrogen-bond donors (Lipinski definition) is 1. The lowest BCUT2D eigenvalue weighted by atomic mass is 9.83. The molecule has 0 aromatic heterocycles. The molecule has 0 spiro atoms. The van der Waals surface area contributed by atoms with Gasteiger partial charge in [-0.15, -0.1) is 0 Å². The second-order valence-electron chi connectivity index (χ2n) is 5.99. The van der Waals surface area contributed by atoms with Crippen molar-refractivity contribution in [3.63, 3.8) is 0 Å².